The highest BCUT2D eigenvalue weighted by Gasteiger charge is 2.54. The van der Waals surface area contributed by atoms with Crippen LogP contribution in [-0.4, -0.2) is 95.9 Å². The highest BCUT2D eigenvalue weighted by Crippen LogP contribution is 2.35. The van der Waals surface area contributed by atoms with Gasteiger partial charge in [-0.2, -0.15) is 0 Å². The quantitative estimate of drug-likeness (QED) is 0.134. The van der Waals surface area contributed by atoms with E-state index in [0.717, 1.165) is 22.3 Å². The average Bonchev–Trinajstić information content (AvgIpc) is 3.20. The molecule has 0 saturated carbocycles. The van der Waals surface area contributed by atoms with Gasteiger partial charge in [0.05, 0.1) is 39.6 Å². The summed E-state index contributed by atoms with van der Waals surface area (Å²) in [6.07, 6.45) is -11.3. The maximum atomic E-state index is 12.4. The van der Waals surface area contributed by atoms with Crippen molar-refractivity contribution in [1.29, 1.82) is 0 Å². The second-order valence-electron chi connectivity index (χ2n) is 13.2. The SMILES string of the molecule is CC(=O)O[C@H]1[C@H](OCc2ccccc2)[C@@H](OCc2ccccc2)[C@@H](O[C@H]2O[C@H](CO)[C@@H](O)[C@H](OCc3ccccc3)[C@H]2OCc2ccccc2)O[C@@H]1CO. The Morgan fingerprint density at radius 3 is 1.26 bits per heavy atom. The first-order chi connectivity index (χ1) is 26.4. The Balaban J connectivity index is 1.33. The van der Waals surface area contributed by atoms with Gasteiger partial charge in [0.2, 0.25) is 0 Å². The third-order valence-corrected chi connectivity index (χ3v) is 9.28. The summed E-state index contributed by atoms with van der Waals surface area (Å²) in [5.74, 6) is -0.597. The van der Waals surface area contributed by atoms with E-state index in [1.807, 2.05) is 121 Å². The van der Waals surface area contributed by atoms with Crippen LogP contribution in [0.3, 0.4) is 0 Å². The molecule has 6 rings (SSSR count). The highest BCUT2D eigenvalue weighted by molar-refractivity contribution is 5.66. The van der Waals surface area contributed by atoms with E-state index in [-0.39, 0.29) is 26.4 Å². The molecule has 0 unspecified atom stereocenters. The number of aliphatic hydroxyl groups excluding tert-OH is 3. The molecule has 3 N–H and O–H groups in total. The summed E-state index contributed by atoms with van der Waals surface area (Å²) in [4.78, 5) is 12.4. The zero-order valence-electron chi connectivity index (χ0n) is 30.1. The van der Waals surface area contributed by atoms with Crippen LogP contribution in [0.25, 0.3) is 0 Å². The van der Waals surface area contributed by atoms with E-state index in [9.17, 15) is 20.1 Å². The van der Waals surface area contributed by atoms with Crippen LogP contribution in [0.4, 0.5) is 0 Å². The van der Waals surface area contributed by atoms with Crippen LogP contribution in [-0.2, 0) is 69.1 Å². The van der Waals surface area contributed by atoms with E-state index in [0.29, 0.717) is 0 Å². The maximum Gasteiger partial charge on any atom is 0.303 e. The van der Waals surface area contributed by atoms with Crippen molar-refractivity contribution < 1.29 is 58.0 Å². The smallest absolute Gasteiger partial charge is 0.303 e. The van der Waals surface area contributed by atoms with Crippen molar-refractivity contribution >= 4 is 5.97 Å². The Labute approximate surface area is 315 Å². The molecule has 54 heavy (non-hydrogen) atoms. The molecule has 12 nitrogen and oxygen atoms in total. The van der Waals surface area contributed by atoms with Gasteiger partial charge in [0.15, 0.2) is 18.7 Å². The number of hydrogen-bond donors (Lipinski definition) is 3. The van der Waals surface area contributed by atoms with Crippen LogP contribution < -0.4 is 0 Å². The summed E-state index contributed by atoms with van der Waals surface area (Å²) >= 11 is 0. The first kappa shape index (κ1) is 39.6. The van der Waals surface area contributed by atoms with Gasteiger partial charge in [0.1, 0.15) is 42.7 Å². The van der Waals surface area contributed by atoms with Crippen molar-refractivity contribution in [1.82, 2.24) is 0 Å². The third-order valence-electron chi connectivity index (χ3n) is 9.28. The number of carbonyl (C=O) groups is 1. The summed E-state index contributed by atoms with van der Waals surface area (Å²) in [6.45, 7) is 0.654. The van der Waals surface area contributed by atoms with Crippen molar-refractivity contribution in [2.75, 3.05) is 13.2 Å². The Kier molecular flexibility index (Phi) is 14.7. The average molecular weight is 745 g/mol. The molecule has 0 amide bonds. The molecule has 0 radical (unpaired) electrons. The van der Waals surface area contributed by atoms with Crippen molar-refractivity contribution in [2.45, 2.75) is 94.8 Å². The summed E-state index contributed by atoms with van der Waals surface area (Å²) in [6, 6.07) is 37.9. The van der Waals surface area contributed by atoms with Gasteiger partial charge in [-0.05, 0) is 22.3 Å². The number of aliphatic hydroxyl groups is 3. The minimum atomic E-state index is -1.30. The molecule has 4 aromatic rings. The topological polar surface area (TPSA) is 152 Å². The van der Waals surface area contributed by atoms with Crippen molar-refractivity contribution in [3.05, 3.63) is 144 Å². The summed E-state index contributed by atoms with van der Waals surface area (Å²) in [7, 11) is 0. The number of carbonyl (C=O) groups excluding carboxylic acids is 1. The summed E-state index contributed by atoms with van der Waals surface area (Å²) in [5, 5.41) is 32.4. The molecule has 2 aliphatic heterocycles. The fraction of sp³-hybridized carbons (Fsp3) is 0.405. The van der Waals surface area contributed by atoms with Crippen molar-refractivity contribution in [3.8, 4) is 0 Å². The van der Waals surface area contributed by atoms with Gasteiger partial charge in [-0.15, -0.1) is 0 Å². The predicted octanol–water partition coefficient (Wildman–Crippen LogP) is 4.07. The van der Waals surface area contributed by atoms with Crippen LogP contribution in [0.15, 0.2) is 121 Å². The molecule has 2 aliphatic rings. The lowest BCUT2D eigenvalue weighted by Crippen LogP contribution is -2.65. The summed E-state index contributed by atoms with van der Waals surface area (Å²) < 4.78 is 50.7. The number of esters is 1. The van der Waals surface area contributed by atoms with Crippen molar-refractivity contribution in [3.63, 3.8) is 0 Å². The van der Waals surface area contributed by atoms with Crippen LogP contribution in [0.5, 0.6) is 0 Å². The minimum Gasteiger partial charge on any atom is -0.457 e. The van der Waals surface area contributed by atoms with E-state index in [4.69, 9.17) is 37.9 Å². The molecule has 2 heterocycles. The Morgan fingerprint density at radius 2 is 0.870 bits per heavy atom. The molecule has 10 atom stereocenters. The molecule has 12 heteroatoms. The minimum absolute atomic E-state index is 0.108. The molecule has 0 bridgehead atoms. The van der Waals surface area contributed by atoms with E-state index < -0.39 is 80.6 Å². The van der Waals surface area contributed by atoms with Gasteiger partial charge in [-0.25, -0.2) is 0 Å². The van der Waals surface area contributed by atoms with Crippen LogP contribution >= 0.6 is 0 Å². The molecule has 4 aromatic carbocycles. The second kappa shape index (κ2) is 20.0. The standard InChI is InChI=1S/C42H48O12/c1-28(45)51-36-34(23-44)53-42(40(50-27-32-20-12-5-13-21-32)38(36)48-25-30-16-8-3-9-17-30)54-41-39(49-26-31-18-10-4-11-19-31)37(35(46)33(22-43)52-41)47-24-29-14-6-2-7-15-29/h2-21,33-44,46H,22-27H2,1H3/t33-,34-,35-,36-,37+,38+,39-,40-,41-,42-/m1/s1. The number of benzene rings is 4. The lowest BCUT2D eigenvalue weighted by molar-refractivity contribution is -0.389. The molecule has 2 saturated heterocycles. The normalized spacial score (nSPS) is 28.4. The van der Waals surface area contributed by atoms with E-state index in [2.05, 4.69) is 0 Å². The maximum absolute atomic E-state index is 12.4. The number of rotatable bonds is 17. The van der Waals surface area contributed by atoms with Crippen LogP contribution in [0.2, 0.25) is 0 Å². The second-order valence-corrected chi connectivity index (χ2v) is 13.2. The summed E-state index contributed by atoms with van der Waals surface area (Å²) in [5.41, 5.74) is 3.42. The monoisotopic (exact) mass is 744 g/mol. The van der Waals surface area contributed by atoms with E-state index in [1.54, 1.807) is 0 Å². The van der Waals surface area contributed by atoms with E-state index in [1.165, 1.54) is 6.92 Å². The Morgan fingerprint density at radius 1 is 0.519 bits per heavy atom. The van der Waals surface area contributed by atoms with Gasteiger partial charge in [-0.3, -0.25) is 4.79 Å². The van der Waals surface area contributed by atoms with Crippen molar-refractivity contribution in [2.24, 2.45) is 0 Å². The lowest BCUT2D eigenvalue weighted by atomic mass is 9.97. The first-order valence-electron chi connectivity index (χ1n) is 18.1. The zero-order valence-corrected chi connectivity index (χ0v) is 30.1. The van der Waals surface area contributed by atoms with Crippen LogP contribution in [0, 0.1) is 0 Å². The third kappa shape index (κ3) is 10.6. The first-order valence-corrected chi connectivity index (χ1v) is 18.1. The molecule has 288 valence electrons. The fourth-order valence-corrected chi connectivity index (χ4v) is 6.55. The molecule has 0 aromatic heterocycles. The molecule has 2 fully saturated rings. The number of ether oxygens (including phenoxy) is 8. The Bertz CT molecular complexity index is 1660. The van der Waals surface area contributed by atoms with Gasteiger partial charge in [0.25, 0.3) is 0 Å². The van der Waals surface area contributed by atoms with Crippen LogP contribution in [0.1, 0.15) is 29.2 Å². The number of hydrogen-bond acceptors (Lipinski definition) is 12. The molecular formula is C42H48O12. The molecule has 0 spiro atoms. The molecule has 0 aliphatic carbocycles. The van der Waals surface area contributed by atoms with Gasteiger partial charge in [0, 0.05) is 6.92 Å². The van der Waals surface area contributed by atoms with Gasteiger partial charge >= 0.3 is 5.97 Å². The molecular weight excluding hydrogens is 696 g/mol. The Hall–Kier alpha value is -4.05. The van der Waals surface area contributed by atoms with E-state index >= 15 is 0 Å². The zero-order chi connectivity index (χ0) is 37.7. The van der Waals surface area contributed by atoms with Gasteiger partial charge in [-0.1, -0.05) is 121 Å². The predicted molar refractivity (Wildman–Crippen MR) is 194 cm³/mol. The highest BCUT2D eigenvalue weighted by atomic mass is 16.8. The fourth-order valence-electron chi connectivity index (χ4n) is 6.55. The van der Waals surface area contributed by atoms with Gasteiger partial charge < -0.3 is 53.2 Å². The largest absolute Gasteiger partial charge is 0.457 e. The lowest BCUT2D eigenvalue weighted by Gasteiger charge is -2.48.